The number of ether oxygens (including phenoxy) is 1. The number of azo groups is 1. The van der Waals surface area contributed by atoms with Gasteiger partial charge in [0.1, 0.15) is 17.6 Å². The van der Waals surface area contributed by atoms with Gasteiger partial charge in [-0.05, 0) is 30.4 Å². The van der Waals surface area contributed by atoms with E-state index in [9.17, 15) is 15.2 Å². The van der Waals surface area contributed by atoms with E-state index >= 15 is 0 Å². The van der Waals surface area contributed by atoms with Crippen LogP contribution in [-0.4, -0.2) is 22.1 Å². The van der Waals surface area contributed by atoms with Gasteiger partial charge in [0.05, 0.1) is 12.0 Å². The number of hydrogen-bond acceptors (Lipinski definition) is 8. The highest BCUT2D eigenvalue weighted by molar-refractivity contribution is 7.18. The number of hydrogen-bond donors (Lipinski definition) is 1. The summed E-state index contributed by atoms with van der Waals surface area (Å²) in [5, 5.41) is 27.9. The minimum atomic E-state index is -0.540. The monoisotopic (exact) mass is 294 g/mol. The zero-order chi connectivity index (χ0) is 14.7. The summed E-state index contributed by atoms with van der Waals surface area (Å²) < 4.78 is 5.15. The Balaban J connectivity index is 2.31. The van der Waals surface area contributed by atoms with E-state index in [1.54, 1.807) is 6.92 Å². The molecule has 2 rings (SSSR count). The maximum absolute atomic E-state index is 10.5. The second-order valence-electron chi connectivity index (χ2n) is 3.70. The molecule has 1 aromatic heterocycles. The van der Waals surface area contributed by atoms with E-state index in [0.29, 0.717) is 17.0 Å². The Morgan fingerprint density at radius 3 is 2.80 bits per heavy atom. The van der Waals surface area contributed by atoms with Gasteiger partial charge >= 0.3 is 5.00 Å². The van der Waals surface area contributed by atoms with E-state index in [0.717, 1.165) is 17.5 Å². The number of nitrogens with zero attached hydrogens (tertiary/aromatic N) is 4. The average Bonchev–Trinajstić information content (AvgIpc) is 2.89. The molecule has 20 heavy (non-hydrogen) atoms. The molecule has 0 saturated heterocycles. The van der Waals surface area contributed by atoms with E-state index in [2.05, 4.69) is 15.2 Å². The molecule has 0 fully saturated rings. The molecule has 0 aliphatic carbocycles. The highest BCUT2D eigenvalue weighted by Gasteiger charge is 2.12. The molecule has 0 saturated carbocycles. The predicted molar refractivity (Wildman–Crippen MR) is 72.3 cm³/mol. The Morgan fingerprint density at radius 2 is 2.20 bits per heavy atom. The summed E-state index contributed by atoms with van der Waals surface area (Å²) in [4.78, 5) is 13.8. The first-order chi connectivity index (χ1) is 9.52. The van der Waals surface area contributed by atoms with E-state index in [1.165, 1.54) is 19.2 Å². The van der Waals surface area contributed by atoms with Crippen molar-refractivity contribution in [1.82, 2.24) is 4.98 Å². The molecule has 8 nitrogen and oxygen atoms in total. The van der Waals surface area contributed by atoms with Crippen LogP contribution in [0.2, 0.25) is 0 Å². The van der Waals surface area contributed by atoms with Gasteiger partial charge in [0.15, 0.2) is 5.75 Å². The number of benzene rings is 1. The maximum Gasteiger partial charge on any atom is 0.345 e. The van der Waals surface area contributed by atoms with E-state index in [-0.39, 0.29) is 15.9 Å². The van der Waals surface area contributed by atoms with Crippen LogP contribution in [0, 0.1) is 17.0 Å². The molecule has 9 heteroatoms. The Labute approximate surface area is 117 Å². The summed E-state index contributed by atoms with van der Waals surface area (Å²) in [6.45, 7) is 1.68. The third-order valence-corrected chi connectivity index (χ3v) is 3.30. The lowest BCUT2D eigenvalue weighted by Gasteiger charge is -2.08. The molecule has 0 spiro atoms. The Morgan fingerprint density at radius 1 is 1.45 bits per heavy atom. The van der Waals surface area contributed by atoms with Crippen LogP contribution in [0.1, 0.15) is 5.56 Å². The van der Waals surface area contributed by atoms with Crippen LogP contribution >= 0.6 is 11.3 Å². The molecule has 0 aliphatic heterocycles. The van der Waals surface area contributed by atoms with Crippen LogP contribution in [-0.2, 0) is 0 Å². The zero-order valence-corrected chi connectivity index (χ0v) is 11.4. The highest BCUT2D eigenvalue weighted by atomic mass is 32.1. The van der Waals surface area contributed by atoms with Gasteiger partial charge < -0.3 is 9.84 Å². The molecule has 104 valence electrons. The molecule has 1 aromatic carbocycles. The molecule has 1 heterocycles. The van der Waals surface area contributed by atoms with Crippen molar-refractivity contribution in [2.75, 3.05) is 7.11 Å². The van der Waals surface area contributed by atoms with Gasteiger partial charge in [-0.2, -0.15) is 0 Å². The number of methoxy groups -OCH3 is 1. The van der Waals surface area contributed by atoms with Crippen molar-refractivity contribution in [3.8, 4) is 11.5 Å². The predicted octanol–water partition coefficient (Wildman–Crippen LogP) is 3.49. The van der Waals surface area contributed by atoms with Crippen LogP contribution in [0.15, 0.2) is 28.6 Å². The Kier molecular flexibility index (Phi) is 3.89. The highest BCUT2D eigenvalue weighted by Crippen LogP contribution is 2.37. The van der Waals surface area contributed by atoms with Crippen molar-refractivity contribution in [2.45, 2.75) is 6.92 Å². The first-order valence-corrected chi connectivity index (χ1v) is 6.23. The average molecular weight is 294 g/mol. The van der Waals surface area contributed by atoms with Crippen LogP contribution < -0.4 is 4.74 Å². The first-order valence-electron chi connectivity index (χ1n) is 5.41. The maximum atomic E-state index is 10.5. The summed E-state index contributed by atoms with van der Waals surface area (Å²) in [6, 6.07) is 3.00. The molecular formula is C11H10N4O4S. The standard InChI is InChI=1S/C11H10N4O4S/c1-6-8(16)4-3-7(10(6)19-2)13-14-11-12-5-9(20-11)15(17)18/h3-5,16H,1-2H3. The molecule has 0 amide bonds. The topological polar surface area (TPSA) is 110 Å². The van der Waals surface area contributed by atoms with Gasteiger partial charge in [-0.1, -0.05) is 0 Å². The fraction of sp³-hybridized carbons (Fsp3) is 0.182. The third kappa shape index (κ3) is 2.72. The lowest BCUT2D eigenvalue weighted by Crippen LogP contribution is -1.87. The second-order valence-corrected chi connectivity index (χ2v) is 4.69. The number of rotatable bonds is 4. The van der Waals surface area contributed by atoms with Crippen molar-refractivity contribution in [1.29, 1.82) is 0 Å². The molecule has 2 aromatic rings. The van der Waals surface area contributed by atoms with Gasteiger partial charge in [-0.25, -0.2) is 4.98 Å². The third-order valence-electron chi connectivity index (χ3n) is 2.47. The minimum absolute atomic E-state index is 0.0886. The van der Waals surface area contributed by atoms with Crippen molar-refractivity contribution in [2.24, 2.45) is 10.2 Å². The summed E-state index contributed by atoms with van der Waals surface area (Å²) in [7, 11) is 1.45. The van der Waals surface area contributed by atoms with Crippen molar-refractivity contribution >= 4 is 27.2 Å². The molecule has 0 aliphatic rings. The number of nitro groups is 1. The number of phenolic OH excluding ortho intramolecular Hbond substituents is 1. The quantitative estimate of drug-likeness (QED) is 0.527. The fourth-order valence-electron chi connectivity index (χ4n) is 1.49. The van der Waals surface area contributed by atoms with Gasteiger partial charge in [-0.3, -0.25) is 10.1 Å². The van der Waals surface area contributed by atoms with Gasteiger partial charge in [0.25, 0.3) is 0 Å². The molecule has 0 unspecified atom stereocenters. The lowest BCUT2D eigenvalue weighted by molar-refractivity contribution is -0.380. The molecule has 0 atom stereocenters. The zero-order valence-electron chi connectivity index (χ0n) is 10.6. The second kappa shape index (κ2) is 5.61. The largest absolute Gasteiger partial charge is 0.508 e. The minimum Gasteiger partial charge on any atom is -0.508 e. The summed E-state index contributed by atoms with van der Waals surface area (Å²) >= 11 is 0.820. The Hall–Kier alpha value is -2.55. The van der Waals surface area contributed by atoms with E-state index in [4.69, 9.17) is 4.74 Å². The fourth-order valence-corrected chi connectivity index (χ4v) is 2.04. The summed E-state index contributed by atoms with van der Waals surface area (Å²) in [6.07, 6.45) is 1.12. The number of aromatic nitrogens is 1. The number of aromatic hydroxyl groups is 1. The van der Waals surface area contributed by atoms with Crippen molar-refractivity contribution in [3.63, 3.8) is 0 Å². The van der Waals surface area contributed by atoms with Crippen LogP contribution in [0.5, 0.6) is 11.5 Å². The number of phenols is 1. The first kappa shape index (κ1) is 13.9. The summed E-state index contributed by atoms with van der Waals surface area (Å²) in [5.74, 6) is 0.477. The SMILES string of the molecule is COc1c(N=Nc2ncc([N+](=O)[O-])s2)ccc(O)c1C. The van der Waals surface area contributed by atoms with Crippen molar-refractivity contribution in [3.05, 3.63) is 34.0 Å². The Bertz CT molecular complexity index is 683. The molecule has 1 N–H and O–H groups in total. The van der Waals surface area contributed by atoms with E-state index < -0.39 is 4.92 Å². The van der Waals surface area contributed by atoms with E-state index in [1.807, 2.05) is 0 Å². The smallest absolute Gasteiger partial charge is 0.345 e. The van der Waals surface area contributed by atoms with Crippen LogP contribution in [0.3, 0.4) is 0 Å². The van der Waals surface area contributed by atoms with Crippen molar-refractivity contribution < 1.29 is 14.8 Å². The normalized spacial score (nSPS) is 10.9. The molecule has 0 bridgehead atoms. The van der Waals surface area contributed by atoms with Gasteiger partial charge in [0, 0.05) is 5.56 Å². The van der Waals surface area contributed by atoms with Crippen LogP contribution in [0.25, 0.3) is 0 Å². The lowest BCUT2D eigenvalue weighted by atomic mass is 10.2. The number of thiazole rings is 1. The summed E-state index contributed by atoms with van der Waals surface area (Å²) in [5.41, 5.74) is 0.940. The van der Waals surface area contributed by atoms with Crippen LogP contribution in [0.4, 0.5) is 15.8 Å². The van der Waals surface area contributed by atoms with Gasteiger partial charge in [-0.15, -0.1) is 10.2 Å². The van der Waals surface area contributed by atoms with Gasteiger partial charge in [0.2, 0.25) is 5.13 Å². The molecular weight excluding hydrogens is 284 g/mol. The molecule has 0 radical (unpaired) electrons.